The van der Waals surface area contributed by atoms with E-state index in [1.54, 1.807) is 0 Å². The maximum Gasteiger partial charge on any atom is 0.337 e. The van der Waals surface area contributed by atoms with Crippen molar-refractivity contribution in [3.05, 3.63) is 43.3 Å². The molecule has 0 atom stereocenters. The molecule has 2 fully saturated rings. The zero-order valence-electron chi connectivity index (χ0n) is 24.0. The number of carbonyl (C=O) groups excluding carboxylic acids is 2. The van der Waals surface area contributed by atoms with E-state index in [4.69, 9.17) is 9.47 Å². The van der Waals surface area contributed by atoms with Crippen LogP contribution in [0.1, 0.15) is 54.3 Å². The van der Waals surface area contributed by atoms with E-state index in [2.05, 4.69) is 63.4 Å². The number of halogens is 2. The lowest BCUT2D eigenvalue weighted by molar-refractivity contribution is 0.0373. The summed E-state index contributed by atoms with van der Waals surface area (Å²) in [6.45, 7) is 8.61. The molecule has 0 unspecified atom stereocenters. The number of aromatic carboxylic acids is 2. The van der Waals surface area contributed by atoms with E-state index < -0.39 is 23.8 Å². The Kier molecular flexibility index (Phi) is 12.9. The molecule has 14 nitrogen and oxygen atoms in total. The Morgan fingerprint density at radius 3 is 1.64 bits per heavy atom. The van der Waals surface area contributed by atoms with Crippen LogP contribution < -0.4 is 21.7 Å². The molecule has 0 aliphatic carbocycles. The Morgan fingerprint density at radius 2 is 1.14 bits per heavy atom. The smallest absolute Gasteiger partial charge is 0.337 e. The number of amides is 2. The molecule has 0 saturated carbocycles. The van der Waals surface area contributed by atoms with Gasteiger partial charge < -0.3 is 19.7 Å². The zero-order valence-corrected chi connectivity index (χ0v) is 27.2. The van der Waals surface area contributed by atoms with Crippen LogP contribution in [0.25, 0.3) is 10.8 Å². The number of ether oxygens (including phenoxy) is 2. The van der Waals surface area contributed by atoms with Crippen molar-refractivity contribution in [2.75, 3.05) is 78.8 Å². The third kappa shape index (κ3) is 8.72. The van der Waals surface area contributed by atoms with Crippen molar-refractivity contribution in [2.45, 2.75) is 12.8 Å². The molecule has 2 amide bonds. The molecule has 0 aromatic heterocycles. The van der Waals surface area contributed by atoms with Crippen molar-refractivity contribution in [3.63, 3.8) is 0 Å². The minimum Gasteiger partial charge on any atom is -0.478 e. The largest absolute Gasteiger partial charge is 0.478 e. The highest BCUT2D eigenvalue weighted by Gasteiger charge is 2.30. The summed E-state index contributed by atoms with van der Waals surface area (Å²) >= 11 is 6.50. The Labute approximate surface area is 271 Å². The van der Waals surface area contributed by atoms with Crippen LogP contribution in [0.5, 0.6) is 0 Å². The fraction of sp³-hybridized carbons (Fsp3) is 0.500. The first-order valence-corrected chi connectivity index (χ1v) is 15.9. The number of carbonyl (C=O) groups is 4. The number of hydrogen-bond donors (Lipinski definition) is 6. The van der Waals surface area contributed by atoms with Gasteiger partial charge in [-0.2, -0.15) is 0 Å². The second-order valence-corrected chi connectivity index (χ2v) is 12.0. The highest BCUT2D eigenvalue weighted by Crippen LogP contribution is 2.38. The number of nitrogens with zero attached hydrogens (tertiary/aromatic N) is 2. The van der Waals surface area contributed by atoms with Gasteiger partial charge in [-0.25, -0.2) is 20.4 Å². The lowest BCUT2D eigenvalue weighted by Crippen LogP contribution is -2.41. The molecule has 2 aromatic carbocycles. The molecule has 2 saturated heterocycles. The van der Waals surface area contributed by atoms with Gasteiger partial charge in [0, 0.05) is 59.0 Å². The Balaban J connectivity index is 1.56. The van der Waals surface area contributed by atoms with E-state index >= 15 is 0 Å². The monoisotopic (exact) mass is 742 g/mol. The van der Waals surface area contributed by atoms with E-state index in [1.165, 1.54) is 6.07 Å². The first-order valence-electron chi connectivity index (χ1n) is 14.3. The second kappa shape index (κ2) is 16.6. The molecule has 240 valence electrons. The summed E-state index contributed by atoms with van der Waals surface area (Å²) in [6.07, 6.45) is 1.47. The zero-order chi connectivity index (χ0) is 31.6. The summed E-state index contributed by atoms with van der Waals surface area (Å²) in [4.78, 5) is 56.1. The standard InChI is InChI=1S/C28H36Br2N6O8/c29-19-15-17(25(37)33-31-3-1-5-35-7-11-43-12-8-35)21-22(18(27(39)40)16-20(30)24(21)28(41)42)23(19)26(38)34-32-4-2-6-36-9-13-44-14-10-36/h15-16,31-32H,1-14H2,(H,33,37)(H,34,38)(H,39,40)(H,41,42). The third-order valence-electron chi connectivity index (χ3n) is 7.39. The first-order chi connectivity index (χ1) is 21.2. The van der Waals surface area contributed by atoms with Crippen molar-refractivity contribution >= 4 is 66.4 Å². The number of morpholine rings is 2. The molecule has 44 heavy (non-hydrogen) atoms. The molecule has 0 radical (unpaired) electrons. The summed E-state index contributed by atoms with van der Waals surface area (Å²) in [5.74, 6) is -4.18. The van der Waals surface area contributed by atoms with Gasteiger partial charge in [-0.15, -0.1) is 0 Å². The van der Waals surface area contributed by atoms with Crippen LogP contribution in [0, 0.1) is 0 Å². The number of rotatable bonds is 14. The summed E-state index contributed by atoms with van der Waals surface area (Å²) < 4.78 is 10.8. The molecule has 6 N–H and O–H groups in total. The number of carboxylic acid groups (broad SMARTS) is 2. The molecule has 0 spiro atoms. The van der Waals surface area contributed by atoms with Crippen LogP contribution in [0.15, 0.2) is 21.1 Å². The van der Waals surface area contributed by atoms with Crippen molar-refractivity contribution in [3.8, 4) is 0 Å². The molecule has 0 bridgehead atoms. The van der Waals surface area contributed by atoms with Gasteiger partial charge in [0.1, 0.15) is 0 Å². The maximum absolute atomic E-state index is 13.4. The SMILES string of the molecule is O=C(O)c1cc(Br)c(C(=O)O)c2c(C(=O)NNCCCN3CCOCC3)cc(Br)c(C(=O)NNCCCN3CCOCC3)c12. The van der Waals surface area contributed by atoms with Crippen LogP contribution in [0.4, 0.5) is 0 Å². The predicted octanol–water partition coefficient (Wildman–Crippen LogP) is 1.67. The van der Waals surface area contributed by atoms with Crippen LogP contribution in [0.3, 0.4) is 0 Å². The number of hydrogen-bond acceptors (Lipinski definition) is 10. The normalized spacial score (nSPS) is 16.1. The fourth-order valence-electron chi connectivity index (χ4n) is 5.20. The molecule has 2 aliphatic heterocycles. The summed E-state index contributed by atoms with van der Waals surface area (Å²) in [6, 6.07) is 2.45. The van der Waals surface area contributed by atoms with Gasteiger partial charge >= 0.3 is 11.9 Å². The minimum atomic E-state index is -1.40. The quantitative estimate of drug-likeness (QED) is 0.122. The summed E-state index contributed by atoms with van der Waals surface area (Å²) in [5, 5.41) is 19.8. The van der Waals surface area contributed by atoms with Crippen molar-refractivity contribution in [2.24, 2.45) is 0 Å². The third-order valence-corrected chi connectivity index (χ3v) is 8.64. The van der Waals surface area contributed by atoms with E-state index in [0.717, 1.165) is 58.2 Å². The number of benzene rings is 2. The Bertz CT molecular complexity index is 1380. The average molecular weight is 744 g/mol. The van der Waals surface area contributed by atoms with Crippen molar-refractivity contribution in [1.29, 1.82) is 0 Å². The summed E-state index contributed by atoms with van der Waals surface area (Å²) in [5.41, 5.74) is 9.96. The molecular weight excluding hydrogens is 708 g/mol. The van der Waals surface area contributed by atoms with Crippen LogP contribution >= 0.6 is 31.9 Å². The summed E-state index contributed by atoms with van der Waals surface area (Å²) in [7, 11) is 0. The lowest BCUT2D eigenvalue weighted by Gasteiger charge is -2.26. The predicted molar refractivity (Wildman–Crippen MR) is 168 cm³/mol. The van der Waals surface area contributed by atoms with Gasteiger partial charge in [0.25, 0.3) is 11.8 Å². The van der Waals surface area contributed by atoms with Gasteiger partial charge in [0.15, 0.2) is 0 Å². The van der Waals surface area contributed by atoms with E-state index in [1.807, 2.05) is 0 Å². The van der Waals surface area contributed by atoms with E-state index in [-0.39, 0.29) is 42.0 Å². The molecular formula is C28H36Br2N6O8. The highest BCUT2D eigenvalue weighted by molar-refractivity contribution is 9.10. The molecule has 2 aromatic rings. The first kappa shape index (κ1) is 34.2. The van der Waals surface area contributed by atoms with E-state index in [0.29, 0.717) is 39.5 Å². The van der Waals surface area contributed by atoms with Crippen LogP contribution in [-0.4, -0.2) is 123 Å². The molecule has 2 aliphatic rings. The number of carboxylic acids is 2. The van der Waals surface area contributed by atoms with Crippen LogP contribution in [0.2, 0.25) is 0 Å². The van der Waals surface area contributed by atoms with Crippen molar-refractivity contribution in [1.82, 2.24) is 31.5 Å². The fourth-order valence-corrected chi connectivity index (χ4v) is 6.40. The van der Waals surface area contributed by atoms with Gasteiger partial charge in [-0.05, 0) is 69.9 Å². The van der Waals surface area contributed by atoms with Crippen molar-refractivity contribution < 1.29 is 38.9 Å². The average Bonchev–Trinajstić information content (AvgIpc) is 3.00. The highest BCUT2D eigenvalue weighted by atomic mass is 79.9. The van der Waals surface area contributed by atoms with Gasteiger partial charge in [0.05, 0.1) is 48.7 Å². The van der Waals surface area contributed by atoms with Gasteiger partial charge in [-0.3, -0.25) is 30.2 Å². The lowest BCUT2D eigenvalue weighted by atomic mass is 9.91. The van der Waals surface area contributed by atoms with Gasteiger partial charge in [-0.1, -0.05) is 0 Å². The number of hydrazine groups is 2. The molecule has 16 heteroatoms. The maximum atomic E-state index is 13.4. The van der Waals surface area contributed by atoms with E-state index in [9.17, 15) is 29.4 Å². The second-order valence-electron chi connectivity index (χ2n) is 10.3. The minimum absolute atomic E-state index is 0.0441. The number of fused-ring (bicyclic) bond motifs is 1. The Morgan fingerprint density at radius 1 is 0.682 bits per heavy atom. The molecule has 4 rings (SSSR count). The van der Waals surface area contributed by atoms with Crippen LogP contribution in [-0.2, 0) is 9.47 Å². The van der Waals surface area contributed by atoms with Gasteiger partial charge in [0.2, 0.25) is 0 Å². The number of nitrogens with one attached hydrogen (secondary N) is 4. The Hall–Kier alpha value is -2.70. The topological polar surface area (TPSA) is 182 Å². The molecule has 2 heterocycles.